The maximum atomic E-state index is 12.7. The van der Waals surface area contributed by atoms with Crippen LogP contribution in [0.25, 0.3) is 0 Å². The van der Waals surface area contributed by atoms with Crippen molar-refractivity contribution in [2.75, 3.05) is 0 Å². The summed E-state index contributed by atoms with van der Waals surface area (Å²) in [6, 6.07) is 1.27. The van der Waals surface area contributed by atoms with Gasteiger partial charge in [0.05, 0.1) is 5.56 Å². The lowest BCUT2D eigenvalue weighted by atomic mass is 10.1. The highest BCUT2D eigenvalue weighted by atomic mass is 32.2. The smallest absolute Gasteiger partial charge is 0.358 e. The van der Waals surface area contributed by atoms with Crippen LogP contribution in [-0.4, -0.2) is 18.3 Å². The van der Waals surface area contributed by atoms with Crippen molar-refractivity contribution in [3.8, 4) is 6.07 Å². The monoisotopic (exact) mass is 278 g/mol. The maximum absolute atomic E-state index is 12.7. The van der Waals surface area contributed by atoms with Crippen LogP contribution in [0.2, 0.25) is 0 Å². The number of hydrogen-bond donors (Lipinski definition) is 1. The third-order valence-corrected chi connectivity index (χ3v) is 2.82. The van der Waals surface area contributed by atoms with E-state index in [1.54, 1.807) is 0 Å². The molecule has 1 aromatic rings. The summed E-state index contributed by atoms with van der Waals surface area (Å²) in [6.45, 7) is 0. The normalized spacial score (nSPS) is 11.3. The lowest BCUT2D eigenvalue weighted by molar-refractivity contribution is -0.392. The fourth-order valence-electron chi connectivity index (χ4n) is 1.21. The Labute approximate surface area is 98.9 Å². The first-order valence-electron chi connectivity index (χ1n) is 4.08. The van der Waals surface area contributed by atoms with E-state index in [-0.39, 0.29) is 0 Å². The molecule has 0 spiro atoms. The highest BCUT2D eigenvalue weighted by molar-refractivity contribution is 7.89. The summed E-state index contributed by atoms with van der Waals surface area (Å²) in [5, 5.41) is 23.7. The van der Waals surface area contributed by atoms with Crippen LogP contribution in [0.5, 0.6) is 0 Å². The summed E-state index contributed by atoms with van der Waals surface area (Å²) in [5.41, 5.74) is -2.11. The van der Waals surface area contributed by atoms with Crippen molar-refractivity contribution >= 4 is 15.8 Å². The number of nitro groups is 1. The van der Waals surface area contributed by atoms with E-state index in [9.17, 15) is 27.3 Å². The molecule has 0 unspecified atom stereocenters. The van der Waals surface area contributed by atoms with Crippen LogP contribution in [0.3, 0.4) is 0 Å². The first-order valence-corrected chi connectivity index (χ1v) is 5.63. The van der Waals surface area contributed by atoms with Gasteiger partial charge in [-0.05, 0) is 9.91 Å². The number of pyridine rings is 1. The number of primary sulfonamides is 1. The predicted octanol–water partition coefficient (Wildman–Crippen LogP) is 0.446. The van der Waals surface area contributed by atoms with Crippen molar-refractivity contribution in [2.24, 2.45) is 5.14 Å². The molecule has 0 aromatic carbocycles. The Morgan fingerprint density at radius 2 is 2.11 bits per heavy atom. The number of aromatic nitrogens is 1. The van der Waals surface area contributed by atoms with Crippen molar-refractivity contribution in [2.45, 2.75) is 11.3 Å². The quantitative estimate of drug-likeness (QED) is 0.628. The highest BCUT2D eigenvalue weighted by Gasteiger charge is 2.34. The van der Waals surface area contributed by atoms with E-state index in [0.29, 0.717) is 6.20 Å². The first-order chi connectivity index (χ1) is 8.20. The Bertz CT molecular complexity index is 652. The standard InChI is InChI=1S/C7H4F2N4O4S/c8-6(9)4-3(1-10)2-12-7(13(14)15)5(4)18(11,16)17/h2,6H,(H2,11,16,17). The SMILES string of the molecule is N#Cc1cnc([N+](=O)[O-])c(S(N)(=O)=O)c1C(F)F. The summed E-state index contributed by atoms with van der Waals surface area (Å²) >= 11 is 0. The van der Waals surface area contributed by atoms with Gasteiger partial charge >= 0.3 is 5.82 Å². The number of sulfonamides is 1. The van der Waals surface area contributed by atoms with Crippen molar-refractivity contribution in [3.63, 3.8) is 0 Å². The Hall–Kier alpha value is -2.19. The molecule has 0 aliphatic rings. The van der Waals surface area contributed by atoms with E-state index in [4.69, 9.17) is 5.26 Å². The fraction of sp³-hybridized carbons (Fsp3) is 0.143. The van der Waals surface area contributed by atoms with Gasteiger partial charge in [0.2, 0.25) is 10.0 Å². The second kappa shape index (κ2) is 4.59. The molecule has 0 fully saturated rings. The van der Waals surface area contributed by atoms with Gasteiger partial charge in [-0.3, -0.25) is 0 Å². The van der Waals surface area contributed by atoms with Gasteiger partial charge in [0.25, 0.3) is 6.43 Å². The maximum Gasteiger partial charge on any atom is 0.384 e. The molecule has 1 rings (SSSR count). The van der Waals surface area contributed by atoms with Gasteiger partial charge in [0.15, 0.2) is 11.1 Å². The Morgan fingerprint density at radius 3 is 2.44 bits per heavy atom. The Kier molecular flexibility index (Phi) is 3.54. The molecule has 0 aliphatic heterocycles. The van der Waals surface area contributed by atoms with Gasteiger partial charge in [-0.25, -0.2) is 22.3 Å². The molecular formula is C7H4F2N4O4S. The molecule has 0 saturated carbocycles. The first kappa shape index (κ1) is 13.9. The van der Waals surface area contributed by atoms with E-state index in [0.717, 1.165) is 0 Å². The molecule has 1 heterocycles. The number of nitrogens with zero attached hydrogens (tertiary/aromatic N) is 3. The van der Waals surface area contributed by atoms with Crippen LogP contribution in [0.15, 0.2) is 11.1 Å². The lowest BCUT2D eigenvalue weighted by Crippen LogP contribution is -2.18. The minimum atomic E-state index is -4.82. The molecule has 0 saturated heterocycles. The van der Waals surface area contributed by atoms with Crippen LogP contribution >= 0.6 is 0 Å². The Balaban J connectivity index is 3.91. The largest absolute Gasteiger partial charge is 0.384 e. The second-order valence-electron chi connectivity index (χ2n) is 2.95. The summed E-state index contributed by atoms with van der Waals surface area (Å²) in [4.78, 5) is 10.9. The molecule has 0 amide bonds. The van der Waals surface area contributed by atoms with Gasteiger partial charge < -0.3 is 10.1 Å². The summed E-state index contributed by atoms with van der Waals surface area (Å²) < 4.78 is 47.7. The minimum absolute atomic E-state index is 0.494. The lowest BCUT2D eigenvalue weighted by Gasteiger charge is -2.07. The molecule has 0 bridgehead atoms. The van der Waals surface area contributed by atoms with Crippen LogP contribution in [0.1, 0.15) is 17.6 Å². The molecule has 0 atom stereocenters. The average molecular weight is 278 g/mol. The molecule has 11 heteroatoms. The van der Waals surface area contributed by atoms with Crippen LogP contribution in [0, 0.1) is 21.4 Å². The highest BCUT2D eigenvalue weighted by Crippen LogP contribution is 2.33. The van der Waals surface area contributed by atoms with Gasteiger partial charge in [0.1, 0.15) is 11.6 Å². The predicted molar refractivity (Wildman–Crippen MR) is 51.9 cm³/mol. The zero-order valence-corrected chi connectivity index (χ0v) is 9.19. The molecule has 18 heavy (non-hydrogen) atoms. The third kappa shape index (κ3) is 2.39. The molecule has 1 aromatic heterocycles. The van der Waals surface area contributed by atoms with Crippen molar-refractivity contribution in [1.29, 1.82) is 5.26 Å². The zero-order chi connectivity index (χ0) is 14.1. The van der Waals surface area contributed by atoms with Crippen molar-refractivity contribution < 1.29 is 22.1 Å². The molecule has 2 N–H and O–H groups in total. The topological polar surface area (TPSA) is 140 Å². The van der Waals surface area contributed by atoms with E-state index in [1.807, 2.05) is 0 Å². The molecule has 0 radical (unpaired) electrons. The van der Waals surface area contributed by atoms with Gasteiger partial charge in [-0.2, -0.15) is 5.26 Å². The van der Waals surface area contributed by atoms with Crippen LogP contribution in [-0.2, 0) is 10.0 Å². The third-order valence-electron chi connectivity index (χ3n) is 1.85. The Morgan fingerprint density at radius 1 is 1.56 bits per heavy atom. The second-order valence-corrected chi connectivity index (χ2v) is 4.45. The van der Waals surface area contributed by atoms with Crippen LogP contribution < -0.4 is 5.14 Å². The number of alkyl halides is 2. The van der Waals surface area contributed by atoms with Crippen molar-refractivity contribution in [1.82, 2.24) is 4.98 Å². The van der Waals surface area contributed by atoms with Gasteiger partial charge in [-0.15, -0.1) is 0 Å². The van der Waals surface area contributed by atoms with E-state index >= 15 is 0 Å². The summed E-state index contributed by atoms with van der Waals surface area (Å²) in [5.74, 6) is -1.34. The summed E-state index contributed by atoms with van der Waals surface area (Å²) in [6.07, 6.45) is -2.93. The fourth-order valence-corrected chi connectivity index (χ4v) is 2.10. The average Bonchev–Trinajstić information content (AvgIpc) is 2.25. The molecular weight excluding hydrogens is 274 g/mol. The number of hydrogen-bond acceptors (Lipinski definition) is 6. The number of rotatable bonds is 3. The zero-order valence-electron chi connectivity index (χ0n) is 8.37. The number of nitrogens with two attached hydrogens (primary N) is 1. The van der Waals surface area contributed by atoms with Gasteiger partial charge in [0, 0.05) is 0 Å². The number of halogens is 2. The van der Waals surface area contributed by atoms with E-state index in [1.165, 1.54) is 6.07 Å². The van der Waals surface area contributed by atoms with Crippen LogP contribution in [0.4, 0.5) is 14.6 Å². The van der Waals surface area contributed by atoms with E-state index < -0.39 is 43.2 Å². The molecule has 8 nitrogen and oxygen atoms in total. The minimum Gasteiger partial charge on any atom is -0.358 e. The van der Waals surface area contributed by atoms with Gasteiger partial charge in [-0.1, -0.05) is 0 Å². The van der Waals surface area contributed by atoms with Crippen molar-refractivity contribution in [3.05, 3.63) is 27.4 Å². The summed E-state index contributed by atoms with van der Waals surface area (Å²) in [7, 11) is -4.82. The van der Waals surface area contributed by atoms with E-state index in [2.05, 4.69) is 10.1 Å². The molecule has 0 aliphatic carbocycles. The number of nitriles is 1. The molecule has 96 valence electrons.